The fourth-order valence-corrected chi connectivity index (χ4v) is 4.16. The summed E-state index contributed by atoms with van der Waals surface area (Å²) in [6, 6.07) is 9.74. The standard InChI is InChI=1S/C21H18ClN7O/c22-13-6-16(21(30)26-14-2-1-11-8-23-9-12(11)5-14)18-17(7-13)27-19(28-18)20-24-10-25-29(20)15-3-4-15/h1-2,5-7,10,15,23H,3-4,8-9H2,(H,26,30)(H,27,28). The van der Waals surface area contributed by atoms with E-state index in [1.165, 1.54) is 17.5 Å². The van der Waals surface area contributed by atoms with Crippen molar-refractivity contribution in [1.82, 2.24) is 30.0 Å². The van der Waals surface area contributed by atoms with Gasteiger partial charge >= 0.3 is 0 Å². The molecule has 8 nitrogen and oxygen atoms in total. The molecule has 3 N–H and O–H groups in total. The van der Waals surface area contributed by atoms with Gasteiger partial charge in [0.05, 0.1) is 17.1 Å². The Morgan fingerprint density at radius 2 is 2.03 bits per heavy atom. The summed E-state index contributed by atoms with van der Waals surface area (Å²) in [6.07, 6.45) is 3.71. The lowest BCUT2D eigenvalue weighted by atomic mass is 10.1. The third kappa shape index (κ3) is 2.96. The van der Waals surface area contributed by atoms with E-state index in [2.05, 4.69) is 30.7 Å². The average molecular weight is 420 g/mol. The molecule has 1 aliphatic carbocycles. The summed E-state index contributed by atoms with van der Waals surface area (Å²) in [4.78, 5) is 25.4. The molecule has 0 radical (unpaired) electrons. The fraction of sp³-hybridized carbons (Fsp3) is 0.238. The van der Waals surface area contributed by atoms with E-state index in [0.717, 1.165) is 31.6 Å². The van der Waals surface area contributed by atoms with E-state index in [1.807, 2.05) is 22.9 Å². The highest BCUT2D eigenvalue weighted by Crippen LogP contribution is 2.37. The summed E-state index contributed by atoms with van der Waals surface area (Å²) < 4.78 is 1.89. The van der Waals surface area contributed by atoms with Gasteiger partial charge in [0.2, 0.25) is 0 Å². The van der Waals surface area contributed by atoms with Gasteiger partial charge in [-0.25, -0.2) is 14.6 Å². The number of benzene rings is 2. The second-order valence-electron chi connectivity index (χ2n) is 7.74. The average Bonchev–Trinajstić information content (AvgIpc) is 3.14. The van der Waals surface area contributed by atoms with Crippen LogP contribution in [-0.2, 0) is 13.1 Å². The third-order valence-corrected chi connectivity index (χ3v) is 5.79. The molecule has 150 valence electrons. The maximum Gasteiger partial charge on any atom is 0.257 e. The third-order valence-electron chi connectivity index (χ3n) is 5.57. The van der Waals surface area contributed by atoms with Gasteiger partial charge in [-0.1, -0.05) is 17.7 Å². The van der Waals surface area contributed by atoms with Crippen LogP contribution in [0.4, 0.5) is 5.69 Å². The van der Waals surface area contributed by atoms with Crippen LogP contribution in [0, 0.1) is 0 Å². The molecule has 2 aliphatic rings. The Bertz CT molecular complexity index is 1300. The van der Waals surface area contributed by atoms with Crippen molar-refractivity contribution in [2.45, 2.75) is 32.0 Å². The summed E-state index contributed by atoms with van der Waals surface area (Å²) in [5, 5.41) is 11.1. The van der Waals surface area contributed by atoms with E-state index in [4.69, 9.17) is 11.6 Å². The van der Waals surface area contributed by atoms with Crippen LogP contribution in [-0.4, -0.2) is 30.6 Å². The van der Waals surface area contributed by atoms with Gasteiger partial charge in [0.25, 0.3) is 5.91 Å². The van der Waals surface area contributed by atoms with Gasteiger partial charge in [0.15, 0.2) is 11.6 Å². The SMILES string of the molecule is O=C(Nc1ccc2c(c1)CNC2)c1cc(Cl)cc2[nH]c(-c3ncnn3C3CC3)nc12. The molecule has 3 heterocycles. The number of nitrogens with zero attached hydrogens (tertiary/aromatic N) is 4. The number of fused-ring (bicyclic) bond motifs is 2. The Hall–Kier alpha value is -3.23. The van der Waals surface area contributed by atoms with Crippen molar-refractivity contribution >= 4 is 34.2 Å². The van der Waals surface area contributed by atoms with Crippen molar-refractivity contribution in [3.8, 4) is 11.6 Å². The molecule has 30 heavy (non-hydrogen) atoms. The number of hydrogen-bond donors (Lipinski definition) is 3. The number of rotatable bonds is 4. The second kappa shape index (κ2) is 6.65. The molecule has 1 aliphatic heterocycles. The molecule has 2 aromatic carbocycles. The van der Waals surface area contributed by atoms with Crippen LogP contribution in [0.1, 0.15) is 40.4 Å². The number of anilines is 1. The maximum absolute atomic E-state index is 13.1. The smallest absolute Gasteiger partial charge is 0.257 e. The van der Waals surface area contributed by atoms with Crippen LogP contribution in [0.15, 0.2) is 36.7 Å². The Morgan fingerprint density at radius 3 is 2.90 bits per heavy atom. The Kier molecular flexibility index (Phi) is 3.90. The zero-order chi connectivity index (χ0) is 20.2. The van der Waals surface area contributed by atoms with Crippen molar-refractivity contribution in [3.63, 3.8) is 0 Å². The summed E-state index contributed by atoms with van der Waals surface area (Å²) >= 11 is 6.30. The molecular weight excluding hydrogens is 402 g/mol. The highest BCUT2D eigenvalue weighted by Gasteiger charge is 2.28. The molecule has 0 saturated heterocycles. The molecule has 0 spiro atoms. The zero-order valence-electron chi connectivity index (χ0n) is 15.9. The van der Waals surface area contributed by atoms with E-state index >= 15 is 0 Å². The molecule has 1 saturated carbocycles. The first kappa shape index (κ1) is 17.6. The number of hydrogen-bond acceptors (Lipinski definition) is 5. The molecule has 6 rings (SSSR count). The first-order valence-electron chi connectivity index (χ1n) is 9.89. The lowest BCUT2D eigenvalue weighted by Crippen LogP contribution is -2.13. The van der Waals surface area contributed by atoms with E-state index in [1.54, 1.807) is 12.1 Å². The number of nitrogens with one attached hydrogen (secondary N) is 3. The first-order valence-corrected chi connectivity index (χ1v) is 10.3. The van der Waals surface area contributed by atoms with E-state index in [9.17, 15) is 4.79 Å². The van der Waals surface area contributed by atoms with Gasteiger partial charge < -0.3 is 15.6 Å². The number of carbonyl (C=O) groups excluding carboxylic acids is 1. The predicted molar refractivity (Wildman–Crippen MR) is 113 cm³/mol. The number of H-pyrrole nitrogens is 1. The molecule has 0 bridgehead atoms. The Balaban J connectivity index is 1.38. The number of halogens is 1. The number of imidazole rings is 1. The summed E-state index contributed by atoms with van der Waals surface area (Å²) in [5.74, 6) is 0.992. The van der Waals surface area contributed by atoms with Gasteiger partial charge in [-0.15, -0.1) is 0 Å². The minimum absolute atomic E-state index is 0.255. The van der Waals surface area contributed by atoms with Crippen LogP contribution in [0.25, 0.3) is 22.7 Å². The van der Waals surface area contributed by atoms with Gasteiger partial charge in [-0.3, -0.25) is 4.79 Å². The normalized spacial score (nSPS) is 15.5. The molecule has 1 fully saturated rings. The van der Waals surface area contributed by atoms with Crippen LogP contribution in [0.5, 0.6) is 0 Å². The van der Waals surface area contributed by atoms with E-state index < -0.39 is 0 Å². The zero-order valence-corrected chi connectivity index (χ0v) is 16.7. The fourth-order valence-electron chi connectivity index (χ4n) is 3.94. The molecular formula is C21H18ClN7O. The molecule has 1 amide bonds. The molecule has 2 aromatic heterocycles. The summed E-state index contributed by atoms with van der Waals surface area (Å²) in [7, 11) is 0. The van der Waals surface area contributed by atoms with Gasteiger partial charge in [-0.05, 0) is 48.2 Å². The monoisotopic (exact) mass is 419 g/mol. The number of carbonyl (C=O) groups is 1. The molecule has 4 aromatic rings. The summed E-state index contributed by atoms with van der Waals surface area (Å²) in [6.45, 7) is 1.67. The topological polar surface area (TPSA) is 101 Å². The van der Waals surface area contributed by atoms with Gasteiger partial charge in [0.1, 0.15) is 11.8 Å². The lowest BCUT2D eigenvalue weighted by Gasteiger charge is -2.08. The lowest BCUT2D eigenvalue weighted by molar-refractivity contribution is 0.102. The van der Waals surface area contributed by atoms with Crippen molar-refractivity contribution in [2.75, 3.05) is 5.32 Å². The van der Waals surface area contributed by atoms with Crippen molar-refractivity contribution in [1.29, 1.82) is 0 Å². The van der Waals surface area contributed by atoms with Crippen molar-refractivity contribution < 1.29 is 4.79 Å². The highest BCUT2D eigenvalue weighted by molar-refractivity contribution is 6.32. The quantitative estimate of drug-likeness (QED) is 0.468. The summed E-state index contributed by atoms with van der Waals surface area (Å²) in [5.41, 5.74) is 4.86. The minimum atomic E-state index is -0.255. The van der Waals surface area contributed by atoms with Crippen LogP contribution >= 0.6 is 11.6 Å². The molecule has 9 heteroatoms. The predicted octanol–water partition coefficient (Wildman–Crippen LogP) is 3.67. The van der Waals surface area contributed by atoms with Gasteiger partial charge in [0, 0.05) is 23.8 Å². The first-order chi connectivity index (χ1) is 14.7. The number of amides is 1. The Morgan fingerprint density at radius 1 is 1.17 bits per heavy atom. The maximum atomic E-state index is 13.1. The highest BCUT2D eigenvalue weighted by atomic mass is 35.5. The van der Waals surface area contributed by atoms with E-state index in [-0.39, 0.29) is 5.91 Å². The van der Waals surface area contributed by atoms with Gasteiger partial charge in [-0.2, -0.15) is 5.10 Å². The van der Waals surface area contributed by atoms with E-state index in [0.29, 0.717) is 39.3 Å². The number of aromatic amines is 1. The number of aromatic nitrogens is 5. The second-order valence-corrected chi connectivity index (χ2v) is 8.17. The van der Waals surface area contributed by atoms with Crippen LogP contribution < -0.4 is 10.6 Å². The van der Waals surface area contributed by atoms with Crippen molar-refractivity contribution in [2.24, 2.45) is 0 Å². The van der Waals surface area contributed by atoms with Crippen molar-refractivity contribution in [3.05, 3.63) is 58.4 Å². The van der Waals surface area contributed by atoms with Crippen LogP contribution in [0.2, 0.25) is 5.02 Å². The molecule has 0 unspecified atom stereocenters. The largest absolute Gasteiger partial charge is 0.335 e. The van der Waals surface area contributed by atoms with Crippen LogP contribution in [0.3, 0.4) is 0 Å². The minimum Gasteiger partial charge on any atom is -0.335 e. The Labute approximate surface area is 176 Å². The molecule has 0 atom stereocenters.